The van der Waals surface area contributed by atoms with E-state index in [0.29, 0.717) is 18.2 Å². The summed E-state index contributed by atoms with van der Waals surface area (Å²) < 4.78 is 1.82. The van der Waals surface area contributed by atoms with Gasteiger partial charge in [-0.3, -0.25) is 14.6 Å². The van der Waals surface area contributed by atoms with E-state index in [-0.39, 0.29) is 11.9 Å². The van der Waals surface area contributed by atoms with Gasteiger partial charge in [0.15, 0.2) is 0 Å². The second kappa shape index (κ2) is 7.17. The van der Waals surface area contributed by atoms with Crippen LogP contribution in [0.3, 0.4) is 0 Å². The molecule has 0 spiro atoms. The lowest BCUT2D eigenvalue weighted by Gasteiger charge is -2.21. The number of aromatic amines is 1. The van der Waals surface area contributed by atoms with E-state index in [1.165, 1.54) is 0 Å². The highest BCUT2D eigenvalue weighted by Gasteiger charge is 2.19. The van der Waals surface area contributed by atoms with Crippen LogP contribution in [-0.2, 0) is 7.05 Å². The van der Waals surface area contributed by atoms with Gasteiger partial charge >= 0.3 is 0 Å². The van der Waals surface area contributed by atoms with Crippen molar-refractivity contribution < 1.29 is 4.79 Å². The van der Waals surface area contributed by atoms with E-state index in [0.717, 1.165) is 29.1 Å². The fourth-order valence-corrected chi connectivity index (χ4v) is 2.69. The minimum Gasteiger partial charge on any atom is -0.340 e. The van der Waals surface area contributed by atoms with Crippen LogP contribution < -0.4 is 5.73 Å². The van der Waals surface area contributed by atoms with Crippen LogP contribution in [0.25, 0.3) is 11.3 Å². The summed E-state index contributed by atoms with van der Waals surface area (Å²) in [6, 6.07) is 1.89. The third-order valence-corrected chi connectivity index (χ3v) is 4.57. The number of carbonyl (C=O) groups excluding carboxylic acids is 1. The summed E-state index contributed by atoms with van der Waals surface area (Å²) in [6.45, 7) is 8.73. The number of hydrogen-bond donors (Lipinski definition) is 2. The average Bonchev–Trinajstić information content (AvgIpc) is 3.09. The zero-order chi connectivity index (χ0) is 18.0. The Morgan fingerprint density at radius 2 is 2.08 bits per heavy atom. The molecule has 0 aliphatic heterocycles. The van der Waals surface area contributed by atoms with Gasteiger partial charge in [0, 0.05) is 37.9 Å². The number of aryl methyl sites for hydroxylation is 2. The SMILES string of the molecule is Cc1nn(C)c(C)c1-c1cc(C(=O)N(C)CCC(N)C(C)C)[nH]n1. The van der Waals surface area contributed by atoms with E-state index in [4.69, 9.17) is 5.73 Å². The van der Waals surface area contributed by atoms with Crippen molar-refractivity contribution in [3.05, 3.63) is 23.1 Å². The van der Waals surface area contributed by atoms with Crippen molar-refractivity contribution in [3.63, 3.8) is 0 Å². The van der Waals surface area contributed by atoms with Crippen LogP contribution in [0.5, 0.6) is 0 Å². The molecule has 3 N–H and O–H groups in total. The van der Waals surface area contributed by atoms with E-state index >= 15 is 0 Å². The third kappa shape index (κ3) is 3.67. The molecule has 0 saturated carbocycles. The fraction of sp³-hybridized carbons (Fsp3) is 0.588. The lowest BCUT2D eigenvalue weighted by atomic mass is 10.0. The number of nitrogens with zero attached hydrogens (tertiary/aromatic N) is 4. The zero-order valence-electron chi connectivity index (χ0n) is 15.4. The minimum absolute atomic E-state index is 0.0797. The maximum absolute atomic E-state index is 12.5. The molecule has 1 atom stereocenters. The van der Waals surface area contributed by atoms with Crippen LogP contribution in [-0.4, -0.2) is 50.4 Å². The highest BCUT2D eigenvalue weighted by atomic mass is 16.2. The molecule has 2 aromatic rings. The topological polar surface area (TPSA) is 92.8 Å². The standard InChI is InChI=1S/C17H28N6O/c1-10(2)13(18)7-8-22(5)17(24)15-9-14(19-20-15)16-11(3)21-23(6)12(16)4/h9-10,13H,7-8,18H2,1-6H3,(H,19,20). The molecule has 0 aliphatic carbocycles. The molecule has 132 valence electrons. The van der Waals surface area contributed by atoms with Gasteiger partial charge in [0.2, 0.25) is 0 Å². The predicted octanol–water partition coefficient (Wildman–Crippen LogP) is 1.87. The monoisotopic (exact) mass is 332 g/mol. The Kier molecular flexibility index (Phi) is 5.43. The highest BCUT2D eigenvalue weighted by Crippen LogP contribution is 2.25. The number of hydrogen-bond acceptors (Lipinski definition) is 4. The van der Waals surface area contributed by atoms with Crippen LogP contribution in [0.15, 0.2) is 6.07 Å². The first-order valence-electron chi connectivity index (χ1n) is 8.29. The predicted molar refractivity (Wildman–Crippen MR) is 94.7 cm³/mol. The van der Waals surface area contributed by atoms with Gasteiger partial charge in [-0.1, -0.05) is 13.8 Å². The maximum Gasteiger partial charge on any atom is 0.271 e. The number of carbonyl (C=O) groups is 1. The van der Waals surface area contributed by atoms with E-state index in [9.17, 15) is 4.79 Å². The molecule has 0 aliphatic rings. The van der Waals surface area contributed by atoms with Gasteiger partial charge in [0.25, 0.3) is 5.91 Å². The van der Waals surface area contributed by atoms with E-state index in [1.807, 2.05) is 25.6 Å². The van der Waals surface area contributed by atoms with Crippen LogP contribution in [0.2, 0.25) is 0 Å². The molecule has 0 bridgehead atoms. The summed E-state index contributed by atoms with van der Waals surface area (Å²) in [5, 5.41) is 11.5. The summed E-state index contributed by atoms with van der Waals surface area (Å²) >= 11 is 0. The summed E-state index contributed by atoms with van der Waals surface area (Å²) in [7, 11) is 3.69. The Balaban J connectivity index is 2.11. The number of nitrogens with one attached hydrogen (secondary N) is 1. The summed E-state index contributed by atoms with van der Waals surface area (Å²) in [5.74, 6) is 0.327. The zero-order valence-corrected chi connectivity index (χ0v) is 15.4. The average molecular weight is 332 g/mol. The van der Waals surface area contributed by atoms with Crippen LogP contribution in [0, 0.1) is 19.8 Å². The molecule has 2 heterocycles. The summed E-state index contributed by atoms with van der Waals surface area (Å²) in [4.78, 5) is 14.2. The molecule has 0 saturated heterocycles. The number of amides is 1. The lowest BCUT2D eigenvalue weighted by Crippen LogP contribution is -2.34. The van der Waals surface area contributed by atoms with Gasteiger partial charge in [0.05, 0.1) is 11.4 Å². The highest BCUT2D eigenvalue weighted by molar-refractivity contribution is 5.93. The van der Waals surface area contributed by atoms with Crippen molar-refractivity contribution in [2.45, 2.75) is 40.2 Å². The van der Waals surface area contributed by atoms with Crippen LogP contribution in [0.1, 0.15) is 42.1 Å². The quantitative estimate of drug-likeness (QED) is 0.844. The van der Waals surface area contributed by atoms with E-state index < -0.39 is 0 Å². The number of aromatic nitrogens is 4. The molecule has 0 aromatic carbocycles. The molecular weight excluding hydrogens is 304 g/mol. The second-order valence-electron chi connectivity index (χ2n) is 6.76. The van der Waals surface area contributed by atoms with Crippen molar-refractivity contribution >= 4 is 5.91 Å². The van der Waals surface area contributed by atoms with Gasteiger partial charge in [0.1, 0.15) is 5.69 Å². The molecule has 1 amide bonds. The maximum atomic E-state index is 12.5. The Hall–Kier alpha value is -2.15. The lowest BCUT2D eigenvalue weighted by molar-refractivity contribution is 0.0783. The van der Waals surface area contributed by atoms with Gasteiger partial charge < -0.3 is 10.6 Å². The molecule has 2 rings (SSSR count). The Morgan fingerprint density at radius 1 is 1.42 bits per heavy atom. The number of H-pyrrole nitrogens is 1. The normalized spacial score (nSPS) is 12.7. The largest absolute Gasteiger partial charge is 0.340 e. The van der Waals surface area contributed by atoms with Crippen molar-refractivity contribution in [2.24, 2.45) is 18.7 Å². The van der Waals surface area contributed by atoms with E-state index in [2.05, 4.69) is 29.1 Å². The minimum atomic E-state index is -0.0797. The van der Waals surface area contributed by atoms with Gasteiger partial charge in [-0.15, -0.1) is 0 Å². The van der Waals surface area contributed by atoms with E-state index in [1.54, 1.807) is 18.0 Å². The first-order valence-corrected chi connectivity index (χ1v) is 8.29. The Bertz CT molecular complexity index is 715. The molecule has 0 radical (unpaired) electrons. The molecule has 24 heavy (non-hydrogen) atoms. The van der Waals surface area contributed by atoms with Crippen molar-refractivity contribution in [2.75, 3.05) is 13.6 Å². The van der Waals surface area contributed by atoms with Crippen molar-refractivity contribution in [1.29, 1.82) is 0 Å². The second-order valence-corrected chi connectivity index (χ2v) is 6.76. The molecule has 2 aromatic heterocycles. The molecule has 7 heteroatoms. The first-order chi connectivity index (χ1) is 11.2. The first kappa shape index (κ1) is 18.2. The number of nitrogens with two attached hydrogens (primary N) is 1. The summed E-state index contributed by atoms with van der Waals surface area (Å²) in [5.41, 5.74) is 10.2. The molecule has 0 fully saturated rings. The molecule has 1 unspecified atom stereocenters. The third-order valence-electron chi connectivity index (χ3n) is 4.57. The van der Waals surface area contributed by atoms with Gasteiger partial charge in [-0.05, 0) is 32.3 Å². The van der Waals surface area contributed by atoms with Crippen molar-refractivity contribution in [1.82, 2.24) is 24.9 Å². The van der Waals surface area contributed by atoms with Gasteiger partial charge in [-0.2, -0.15) is 10.2 Å². The molecule has 7 nitrogen and oxygen atoms in total. The van der Waals surface area contributed by atoms with Crippen molar-refractivity contribution in [3.8, 4) is 11.3 Å². The Morgan fingerprint density at radius 3 is 2.62 bits per heavy atom. The van der Waals surface area contributed by atoms with Crippen LogP contribution in [0.4, 0.5) is 0 Å². The van der Waals surface area contributed by atoms with Gasteiger partial charge in [-0.25, -0.2) is 0 Å². The number of rotatable bonds is 6. The smallest absolute Gasteiger partial charge is 0.271 e. The molecular formula is C17H28N6O. The summed E-state index contributed by atoms with van der Waals surface area (Å²) in [6.07, 6.45) is 0.779. The van der Waals surface area contributed by atoms with Crippen LogP contribution >= 0.6 is 0 Å². The Labute approximate surface area is 143 Å². The fourth-order valence-electron chi connectivity index (χ4n) is 2.69.